The quantitative estimate of drug-likeness (QED) is 0.906. The molecule has 0 aliphatic carbocycles. The highest BCUT2D eigenvalue weighted by Crippen LogP contribution is 2.31. The van der Waals surface area contributed by atoms with Crippen LogP contribution in [0.3, 0.4) is 0 Å². The number of methoxy groups -OCH3 is 1. The fourth-order valence-corrected chi connectivity index (χ4v) is 2.47. The molecule has 0 bridgehead atoms. The Morgan fingerprint density at radius 3 is 2.48 bits per heavy atom. The molecule has 1 aliphatic heterocycles. The van der Waals surface area contributed by atoms with Crippen LogP contribution in [0.25, 0.3) is 0 Å². The number of ether oxygens (including phenoxy) is 1. The third-order valence-electron chi connectivity index (χ3n) is 3.76. The number of nitrogens with zero attached hydrogens (tertiary/aromatic N) is 1. The predicted molar refractivity (Wildman–Crippen MR) is 76.8 cm³/mol. The van der Waals surface area contributed by atoms with Crippen molar-refractivity contribution in [2.75, 3.05) is 25.5 Å². The molecule has 126 valence electrons. The van der Waals surface area contributed by atoms with E-state index in [1.54, 1.807) is 0 Å². The van der Waals surface area contributed by atoms with E-state index in [0.717, 1.165) is 12.1 Å². The highest BCUT2D eigenvalue weighted by Gasteiger charge is 2.31. The fraction of sp³-hybridized carbons (Fsp3) is 0.467. The number of alkyl halides is 3. The number of carbonyl (C=O) groups excluding carboxylic acids is 2. The molecule has 1 aromatic rings. The molecule has 5 nitrogen and oxygen atoms in total. The van der Waals surface area contributed by atoms with Gasteiger partial charge in [-0.05, 0) is 31.0 Å². The Balaban J connectivity index is 1.94. The molecule has 1 heterocycles. The summed E-state index contributed by atoms with van der Waals surface area (Å²) in [7, 11) is 1.29. The Bertz CT molecular complexity index is 582. The van der Waals surface area contributed by atoms with Gasteiger partial charge in [0.1, 0.15) is 0 Å². The van der Waals surface area contributed by atoms with Gasteiger partial charge in [0, 0.05) is 24.7 Å². The molecule has 1 aliphatic rings. The fourth-order valence-electron chi connectivity index (χ4n) is 2.47. The summed E-state index contributed by atoms with van der Waals surface area (Å²) in [5.74, 6) is -0.681. The van der Waals surface area contributed by atoms with E-state index in [1.807, 2.05) is 0 Å². The van der Waals surface area contributed by atoms with Crippen LogP contribution >= 0.6 is 0 Å². The third-order valence-corrected chi connectivity index (χ3v) is 3.76. The molecular formula is C15H17F3N2O3. The number of likely N-dealkylation sites (tertiary alicyclic amines) is 1. The van der Waals surface area contributed by atoms with Crippen molar-refractivity contribution in [1.29, 1.82) is 0 Å². The van der Waals surface area contributed by atoms with Crippen molar-refractivity contribution in [3.8, 4) is 0 Å². The van der Waals surface area contributed by atoms with Crippen LogP contribution in [0.2, 0.25) is 0 Å². The van der Waals surface area contributed by atoms with Crippen molar-refractivity contribution < 1.29 is 27.5 Å². The minimum Gasteiger partial charge on any atom is -0.453 e. The second-order valence-corrected chi connectivity index (χ2v) is 5.30. The number of nitrogens with one attached hydrogen (secondary N) is 1. The van der Waals surface area contributed by atoms with Crippen LogP contribution in [-0.2, 0) is 15.7 Å². The average Bonchev–Trinajstić information content (AvgIpc) is 2.53. The van der Waals surface area contributed by atoms with E-state index in [0.29, 0.717) is 25.9 Å². The van der Waals surface area contributed by atoms with Gasteiger partial charge in [0.05, 0.1) is 12.7 Å². The van der Waals surface area contributed by atoms with E-state index >= 15 is 0 Å². The molecule has 2 rings (SSSR count). The van der Waals surface area contributed by atoms with Crippen LogP contribution in [-0.4, -0.2) is 37.1 Å². The zero-order valence-electron chi connectivity index (χ0n) is 12.5. The van der Waals surface area contributed by atoms with E-state index < -0.39 is 17.8 Å². The Hall–Kier alpha value is -2.25. The maximum absolute atomic E-state index is 12.7. The largest absolute Gasteiger partial charge is 0.453 e. The number of hydrogen-bond acceptors (Lipinski definition) is 3. The van der Waals surface area contributed by atoms with Crippen molar-refractivity contribution in [2.45, 2.75) is 19.0 Å². The maximum atomic E-state index is 12.7. The van der Waals surface area contributed by atoms with Gasteiger partial charge in [-0.25, -0.2) is 4.79 Å². The molecule has 0 saturated carbocycles. The Kier molecular flexibility index (Phi) is 5.12. The second kappa shape index (κ2) is 6.89. The molecular weight excluding hydrogens is 313 g/mol. The molecule has 8 heteroatoms. The van der Waals surface area contributed by atoms with Crippen LogP contribution < -0.4 is 5.32 Å². The molecule has 1 saturated heterocycles. The summed E-state index contributed by atoms with van der Waals surface area (Å²) in [5, 5.41) is 2.51. The lowest BCUT2D eigenvalue weighted by Gasteiger charge is -2.30. The van der Waals surface area contributed by atoms with Gasteiger partial charge in [0.15, 0.2) is 0 Å². The predicted octanol–water partition coefficient (Wildman–Crippen LogP) is 3.12. The first-order chi connectivity index (χ1) is 10.8. The van der Waals surface area contributed by atoms with Crippen LogP contribution in [0.4, 0.5) is 23.7 Å². The third kappa shape index (κ3) is 4.37. The summed E-state index contributed by atoms with van der Waals surface area (Å²) in [4.78, 5) is 25.0. The van der Waals surface area contributed by atoms with E-state index in [9.17, 15) is 22.8 Å². The molecule has 1 fully saturated rings. The molecule has 0 atom stereocenters. The van der Waals surface area contributed by atoms with Gasteiger partial charge in [-0.1, -0.05) is 6.07 Å². The van der Waals surface area contributed by atoms with E-state index in [2.05, 4.69) is 10.1 Å². The molecule has 2 amide bonds. The number of anilines is 1. The Morgan fingerprint density at radius 1 is 1.26 bits per heavy atom. The van der Waals surface area contributed by atoms with Gasteiger partial charge in [0.2, 0.25) is 5.91 Å². The molecule has 23 heavy (non-hydrogen) atoms. The first kappa shape index (κ1) is 17.1. The van der Waals surface area contributed by atoms with Gasteiger partial charge >= 0.3 is 12.3 Å². The van der Waals surface area contributed by atoms with E-state index in [-0.39, 0.29) is 17.5 Å². The molecule has 1 N–H and O–H groups in total. The number of benzene rings is 1. The number of halogens is 3. The minimum absolute atomic E-state index is 0.111. The highest BCUT2D eigenvalue weighted by atomic mass is 19.4. The SMILES string of the molecule is COC(=O)N1CCC(C(=O)Nc2cccc(C(F)(F)F)c2)CC1. The van der Waals surface area contributed by atoms with Gasteiger partial charge in [-0.3, -0.25) is 4.79 Å². The van der Waals surface area contributed by atoms with E-state index in [1.165, 1.54) is 24.1 Å². The van der Waals surface area contributed by atoms with Gasteiger partial charge in [-0.15, -0.1) is 0 Å². The maximum Gasteiger partial charge on any atom is 0.416 e. The number of rotatable bonds is 2. The molecule has 0 spiro atoms. The normalized spacial score (nSPS) is 16.1. The molecule has 1 aromatic carbocycles. The molecule has 0 radical (unpaired) electrons. The molecule has 0 unspecified atom stereocenters. The minimum atomic E-state index is -4.45. The standard InChI is InChI=1S/C15H17F3N2O3/c1-23-14(22)20-7-5-10(6-8-20)13(21)19-12-4-2-3-11(9-12)15(16,17)18/h2-4,9-10H,5-8H2,1H3,(H,19,21). The lowest BCUT2D eigenvalue weighted by molar-refractivity contribution is -0.137. The van der Waals surface area contributed by atoms with Gasteiger partial charge < -0.3 is 15.0 Å². The highest BCUT2D eigenvalue weighted by molar-refractivity contribution is 5.92. The summed E-state index contributed by atoms with van der Waals surface area (Å²) in [5.41, 5.74) is -0.698. The van der Waals surface area contributed by atoms with Crippen LogP contribution in [0, 0.1) is 5.92 Å². The number of piperidine rings is 1. The summed E-state index contributed by atoms with van der Waals surface area (Å²) in [6.07, 6.45) is -4.01. The topological polar surface area (TPSA) is 58.6 Å². The van der Waals surface area contributed by atoms with Crippen molar-refractivity contribution in [1.82, 2.24) is 4.90 Å². The van der Waals surface area contributed by atoms with E-state index in [4.69, 9.17) is 0 Å². The second-order valence-electron chi connectivity index (χ2n) is 5.30. The van der Waals surface area contributed by atoms with Crippen LogP contribution in [0.15, 0.2) is 24.3 Å². The Labute approximate surface area is 131 Å². The number of carbonyl (C=O) groups is 2. The zero-order chi connectivity index (χ0) is 17.0. The van der Waals surface area contributed by atoms with Crippen LogP contribution in [0.5, 0.6) is 0 Å². The lowest BCUT2D eigenvalue weighted by atomic mass is 9.96. The zero-order valence-corrected chi connectivity index (χ0v) is 12.5. The Morgan fingerprint density at radius 2 is 1.91 bits per heavy atom. The van der Waals surface area contributed by atoms with Crippen molar-refractivity contribution in [2.24, 2.45) is 5.92 Å². The first-order valence-corrected chi connectivity index (χ1v) is 7.12. The summed E-state index contributed by atoms with van der Waals surface area (Å²) in [6, 6.07) is 4.51. The van der Waals surface area contributed by atoms with Gasteiger partial charge in [0.25, 0.3) is 0 Å². The average molecular weight is 330 g/mol. The molecule has 0 aromatic heterocycles. The number of hydrogen-bond donors (Lipinski definition) is 1. The van der Waals surface area contributed by atoms with Gasteiger partial charge in [-0.2, -0.15) is 13.2 Å². The summed E-state index contributed by atoms with van der Waals surface area (Å²) >= 11 is 0. The smallest absolute Gasteiger partial charge is 0.416 e. The van der Waals surface area contributed by atoms with Crippen molar-refractivity contribution >= 4 is 17.7 Å². The summed E-state index contributed by atoms with van der Waals surface area (Å²) in [6.45, 7) is 0.765. The van der Waals surface area contributed by atoms with Crippen molar-refractivity contribution in [3.05, 3.63) is 29.8 Å². The van der Waals surface area contributed by atoms with Crippen molar-refractivity contribution in [3.63, 3.8) is 0 Å². The summed E-state index contributed by atoms with van der Waals surface area (Å²) < 4.78 is 42.6. The number of amides is 2. The lowest BCUT2D eigenvalue weighted by Crippen LogP contribution is -2.41. The first-order valence-electron chi connectivity index (χ1n) is 7.12. The van der Waals surface area contributed by atoms with Crippen LogP contribution in [0.1, 0.15) is 18.4 Å². The monoisotopic (exact) mass is 330 g/mol.